The third-order valence-corrected chi connectivity index (χ3v) is 8.22. The van der Waals surface area contributed by atoms with Crippen molar-refractivity contribution >= 4 is 47.8 Å². The first-order valence-corrected chi connectivity index (χ1v) is 19.9. The van der Waals surface area contributed by atoms with Gasteiger partial charge in [-0.2, -0.15) is 35.1 Å². The van der Waals surface area contributed by atoms with E-state index in [2.05, 4.69) is 23.7 Å². The molecule has 0 spiro atoms. The second kappa shape index (κ2) is 37.3. The van der Waals surface area contributed by atoms with Crippen molar-refractivity contribution in [2.45, 2.75) is 148 Å². The van der Waals surface area contributed by atoms with E-state index in [1.54, 1.807) is 41.5 Å². The normalized spacial score (nSPS) is 11.8. The van der Waals surface area contributed by atoms with Gasteiger partial charge in [-0.25, -0.2) is 19.2 Å². The van der Waals surface area contributed by atoms with E-state index in [9.17, 15) is 73.5 Å². The Morgan fingerprint density at radius 1 is 0.379 bits per heavy atom. The van der Waals surface area contributed by atoms with Gasteiger partial charge in [0.15, 0.2) is 0 Å². The molecule has 66 heavy (non-hydrogen) atoms. The van der Waals surface area contributed by atoms with Crippen LogP contribution in [0.3, 0.4) is 0 Å². The Balaban J connectivity index is -0.000000180. The monoisotopic (exact) mass is 984 g/mol. The number of carbonyl (C=O) groups excluding carboxylic acids is 8. The second-order valence-electron chi connectivity index (χ2n) is 14.7. The Morgan fingerprint density at radius 3 is 0.758 bits per heavy atom. The van der Waals surface area contributed by atoms with Crippen LogP contribution in [0.1, 0.15) is 124 Å². The Bertz CT molecular complexity index is 1420. The van der Waals surface area contributed by atoms with Crippen molar-refractivity contribution < 1.29 is 111 Å². The van der Waals surface area contributed by atoms with Gasteiger partial charge in [-0.1, -0.05) is 56.4 Å². The average molecular weight is 985 g/mol. The van der Waals surface area contributed by atoms with Gasteiger partial charge in [0, 0.05) is 13.8 Å². The Kier molecular flexibility index (Phi) is 41.1. The van der Waals surface area contributed by atoms with Gasteiger partial charge in [-0.3, -0.25) is 19.2 Å². The fourth-order valence-electron chi connectivity index (χ4n) is 2.78. The molecule has 0 saturated heterocycles. The average Bonchev–Trinajstić information content (AvgIpc) is 3.22. The summed E-state index contributed by atoms with van der Waals surface area (Å²) in [6.07, 6.45) is -3.83. The van der Waals surface area contributed by atoms with Gasteiger partial charge < -0.3 is 37.9 Å². The zero-order valence-electron chi connectivity index (χ0n) is 38.4. The molecule has 392 valence electrons. The molecule has 0 fully saturated rings. The van der Waals surface area contributed by atoms with Crippen LogP contribution in [0.5, 0.6) is 0 Å². The Labute approximate surface area is 382 Å². The van der Waals surface area contributed by atoms with Gasteiger partial charge in [-0.05, 0) is 53.4 Å². The van der Waals surface area contributed by atoms with E-state index in [1.165, 1.54) is 0 Å². The summed E-state index contributed by atoms with van der Waals surface area (Å²) in [5.74, 6) is -15.7. The fourth-order valence-corrected chi connectivity index (χ4v) is 2.78. The SMILES string of the molecule is C.C.CCC(C)(C)C(=O)OCCOC(=O)C(C)(F)F.CCC(C)(C)C(=O)OCCOC(=O)C(F)F.CCC(C)C(=O)OCCOC(=O)C(C)(F)F.CCC(C)C(=O)OCCOC(=O)C(F)F. The lowest BCUT2D eigenvalue weighted by Gasteiger charge is -2.20. The summed E-state index contributed by atoms with van der Waals surface area (Å²) in [5.41, 5.74) is -1.24. The Hall–Kier alpha value is -4.80. The number of alkyl halides is 8. The highest BCUT2D eigenvalue weighted by Gasteiger charge is 2.35. The molecule has 0 aliphatic heterocycles. The van der Waals surface area contributed by atoms with Crippen LogP contribution < -0.4 is 0 Å². The van der Waals surface area contributed by atoms with Gasteiger partial charge in [0.05, 0.1) is 22.7 Å². The van der Waals surface area contributed by atoms with E-state index >= 15 is 0 Å². The molecular weight excluding hydrogens is 912 g/mol. The largest absolute Gasteiger partial charge is 0.462 e. The molecule has 0 radical (unpaired) electrons. The number of carbonyl (C=O) groups is 8. The highest BCUT2D eigenvalue weighted by Crippen LogP contribution is 2.22. The summed E-state index contributed by atoms with van der Waals surface area (Å²) in [7, 11) is 0. The predicted octanol–water partition coefficient (Wildman–Crippen LogP) is 8.37. The zero-order valence-corrected chi connectivity index (χ0v) is 38.4. The molecule has 0 aromatic carbocycles. The summed E-state index contributed by atoms with van der Waals surface area (Å²) >= 11 is 0. The maximum atomic E-state index is 12.4. The molecule has 0 aromatic heterocycles. The lowest BCUT2D eigenvalue weighted by molar-refractivity contribution is -0.173. The molecule has 0 aromatic rings. The van der Waals surface area contributed by atoms with Crippen molar-refractivity contribution in [2.75, 3.05) is 52.9 Å². The lowest BCUT2D eigenvalue weighted by atomic mass is 9.91. The quantitative estimate of drug-likeness (QED) is 0.0385. The highest BCUT2D eigenvalue weighted by atomic mass is 19.3. The van der Waals surface area contributed by atoms with Crippen LogP contribution in [0.25, 0.3) is 0 Å². The molecule has 0 rings (SSSR count). The number of esters is 8. The number of halogens is 8. The highest BCUT2D eigenvalue weighted by molar-refractivity contribution is 5.78. The van der Waals surface area contributed by atoms with E-state index in [1.807, 2.05) is 27.7 Å². The summed E-state index contributed by atoms with van der Waals surface area (Å²) in [5, 5.41) is 0. The van der Waals surface area contributed by atoms with Crippen LogP contribution in [-0.4, -0.2) is 125 Å². The van der Waals surface area contributed by atoms with Gasteiger partial charge in [-0.15, -0.1) is 0 Å². The molecule has 2 unspecified atom stereocenters. The smallest absolute Gasteiger partial charge is 0.376 e. The number of hydrogen-bond donors (Lipinski definition) is 0. The first-order chi connectivity index (χ1) is 29.2. The standard InChI is InChI=1S/C11H18F2O4.2C10H16F2O4.C9H14F2O4.2CH4/c1-5-10(2,3)8(14)16-6-7-17-9(15)11(4,12)13;1-4-10(2,3)9(14)16-6-5-15-8(13)7(11)12;1-4-7(2)8(13)15-5-6-16-9(14)10(3,11)12;1-3-6(2)8(12)14-4-5-15-9(13)7(10)11;;/h5-7H2,1-4H3;2*7H,4-6H2,1-3H3;6-7H,3-5H2,1-2H3;2*1H4. The fraction of sp³-hybridized carbons (Fsp3) is 0.810. The van der Waals surface area contributed by atoms with Crippen LogP contribution in [0, 0.1) is 22.7 Å². The Morgan fingerprint density at radius 2 is 0.576 bits per heavy atom. The lowest BCUT2D eigenvalue weighted by Crippen LogP contribution is -2.30. The number of hydrogen-bond acceptors (Lipinski definition) is 16. The van der Waals surface area contributed by atoms with E-state index < -0.39 is 83.3 Å². The van der Waals surface area contributed by atoms with Crippen molar-refractivity contribution in [3.63, 3.8) is 0 Å². The van der Waals surface area contributed by atoms with Crippen molar-refractivity contribution in [3.05, 3.63) is 0 Å². The second-order valence-corrected chi connectivity index (χ2v) is 14.7. The number of rotatable bonds is 24. The van der Waals surface area contributed by atoms with Crippen LogP contribution in [0.4, 0.5) is 35.1 Å². The molecular formula is C42H72F8O16. The molecule has 16 nitrogen and oxygen atoms in total. The van der Waals surface area contributed by atoms with Crippen LogP contribution in [-0.2, 0) is 76.3 Å². The van der Waals surface area contributed by atoms with Crippen LogP contribution in [0.15, 0.2) is 0 Å². The third kappa shape index (κ3) is 37.4. The van der Waals surface area contributed by atoms with E-state index in [0.717, 1.165) is 0 Å². The molecule has 0 aliphatic rings. The molecule has 2 atom stereocenters. The van der Waals surface area contributed by atoms with Crippen molar-refractivity contribution in [1.82, 2.24) is 0 Å². The number of ether oxygens (including phenoxy) is 8. The first kappa shape index (κ1) is 72.8. The van der Waals surface area contributed by atoms with Gasteiger partial charge in [0.1, 0.15) is 52.9 Å². The van der Waals surface area contributed by atoms with Gasteiger partial charge >= 0.3 is 72.5 Å². The van der Waals surface area contributed by atoms with Crippen molar-refractivity contribution in [1.29, 1.82) is 0 Å². The molecule has 0 amide bonds. The molecule has 24 heteroatoms. The molecule has 0 aliphatic carbocycles. The molecule has 0 saturated carbocycles. The maximum absolute atomic E-state index is 12.4. The first-order valence-electron chi connectivity index (χ1n) is 19.9. The third-order valence-electron chi connectivity index (χ3n) is 8.22. The summed E-state index contributed by atoms with van der Waals surface area (Å²) in [4.78, 5) is 86.8. The van der Waals surface area contributed by atoms with E-state index in [0.29, 0.717) is 39.5 Å². The van der Waals surface area contributed by atoms with E-state index in [-0.39, 0.29) is 79.5 Å². The van der Waals surface area contributed by atoms with Gasteiger partial charge in [0.2, 0.25) is 0 Å². The summed E-state index contributed by atoms with van der Waals surface area (Å²) < 4.78 is 132. The van der Waals surface area contributed by atoms with Gasteiger partial charge in [0.25, 0.3) is 0 Å². The minimum absolute atomic E-state index is 0. The van der Waals surface area contributed by atoms with Crippen molar-refractivity contribution in [3.8, 4) is 0 Å². The van der Waals surface area contributed by atoms with E-state index in [4.69, 9.17) is 14.2 Å². The molecule has 0 heterocycles. The minimum Gasteiger partial charge on any atom is -0.462 e. The minimum atomic E-state index is -3.52. The summed E-state index contributed by atoms with van der Waals surface area (Å²) in [6.45, 7) is 16.2. The molecule has 0 bridgehead atoms. The maximum Gasteiger partial charge on any atom is 0.376 e. The molecule has 0 N–H and O–H groups in total. The topological polar surface area (TPSA) is 210 Å². The summed E-state index contributed by atoms with van der Waals surface area (Å²) in [6, 6.07) is 0. The van der Waals surface area contributed by atoms with Crippen LogP contribution >= 0.6 is 0 Å². The zero-order chi connectivity index (χ0) is 51.1. The van der Waals surface area contributed by atoms with Crippen molar-refractivity contribution in [2.24, 2.45) is 22.7 Å². The van der Waals surface area contributed by atoms with Crippen LogP contribution in [0.2, 0.25) is 0 Å². The predicted molar refractivity (Wildman–Crippen MR) is 221 cm³/mol.